The SMILES string of the molecule is C1CCOC1.Cl.FC(F)(F)OC1CNC1.NCC(=O)N1CC(OC(F)(F)F)C1.NNC(=O)OCc1ccccc1.O=C(Cl)Oc1ccc([N+](=O)[O-])cc1.O=C(NCC(=O)N1CC(OC(F)(F)F)C1)OCc1ccccc1. The number of likely N-dealkylation sites (tertiary alicyclic amines) is 2. The fourth-order valence-corrected chi connectivity index (χ4v) is 5.60. The van der Waals surface area contributed by atoms with Gasteiger partial charge < -0.3 is 45.1 Å². The van der Waals surface area contributed by atoms with Crippen LogP contribution in [0.25, 0.3) is 0 Å². The molecule has 4 saturated heterocycles. The molecule has 0 aliphatic carbocycles. The van der Waals surface area contributed by atoms with Crippen molar-refractivity contribution >= 4 is 59.1 Å². The molecule has 0 radical (unpaired) electrons. The summed E-state index contributed by atoms with van der Waals surface area (Å²) in [5.74, 6) is 4.13. The standard InChI is InChI=1S/C14H15F3N2O4.C8H10N2O2.C7H4ClNO4.C6H9F3N2O2.C4H6F3NO.C4H8O.ClH/c15-14(16,17)23-11-7-19(8-11)12(20)6-18-13(21)22-9-10-4-2-1-3-5-10;9-10-8(11)12-6-7-4-2-1-3-5-7;8-7(10)13-6-3-1-5(2-4-6)9(11)12;7-6(8,9)13-4-2-11(3-4)5(12)1-10;5-4(6,7)9-3-1-8-2-3;1-2-4-5-3-1;/h1-5,11H,6-9H2,(H,18,21);1-5H,6,9H2,(H,10,11);1-4H;4H,1-3,10H2;3,8H,1-2H2;1-4H2;1H. The quantitative estimate of drug-likeness (QED) is 0.0338. The Morgan fingerprint density at radius 1 is 0.684 bits per heavy atom. The zero-order valence-corrected chi connectivity index (χ0v) is 41.2. The number of halogens is 11. The van der Waals surface area contributed by atoms with Gasteiger partial charge in [-0.1, -0.05) is 60.7 Å². The van der Waals surface area contributed by atoms with Crippen molar-refractivity contribution in [3.8, 4) is 5.75 Å². The predicted octanol–water partition coefficient (Wildman–Crippen LogP) is 6.18. The number of nitrogens with one attached hydrogen (secondary N) is 3. The Balaban J connectivity index is 0.000000478. The molecule has 0 atom stereocenters. The van der Waals surface area contributed by atoms with Crippen molar-refractivity contribution in [2.75, 3.05) is 65.6 Å². The zero-order valence-electron chi connectivity index (χ0n) is 39.6. The maximum atomic E-state index is 11.9. The van der Waals surface area contributed by atoms with Crippen molar-refractivity contribution in [2.45, 2.75) is 63.5 Å². The maximum absolute atomic E-state index is 11.9. The lowest BCUT2D eigenvalue weighted by molar-refractivity contribution is -0.384. The van der Waals surface area contributed by atoms with Crippen LogP contribution in [0.5, 0.6) is 5.75 Å². The molecule has 76 heavy (non-hydrogen) atoms. The Hall–Kier alpha value is -6.32. The number of rotatable bonds is 12. The second kappa shape index (κ2) is 35.1. The van der Waals surface area contributed by atoms with Gasteiger partial charge in [0.1, 0.15) is 37.7 Å². The van der Waals surface area contributed by atoms with Crippen LogP contribution in [-0.4, -0.2) is 147 Å². The van der Waals surface area contributed by atoms with Gasteiger partial charge in [-0.3, -0.25) is 39.3 Å². The van der Waals surface area contributed by atoms with E-state index in [2.05, 4.69) is 29.6 Å². The van der Waals surface area contributed by atoms with Crippen LogP contribution in [0.1, 0.15) is 24.0 Å². The first kappa shape index (κ1) is 67.7. The van der Waals surface area contributed by atoms with Crippen LogP contribution in [0.3, 0.4) is 0 Å². The molecule has 3 aromatic rings. The lowest BCUT2D eigenvalue weighted by Crippen LogP contribution is -2.58. The number of nitrogens with zero attached hydrogens (tertiary/aromatic N) is 3. The largest absolute Gasteiger partial charge is 0.522 e. The Labute approximate surface area is 438 Å². The summed E-state index contributed by atoms with van der Waals surface area (Å²) in [6, 6.07) is 23.4. The van der Waals surface area contributed by atoms with Crippen LogP contribution in [0.15, 0.2) is 84.9 Å². The van der Waals surface area contributed by atoms with Gasteiger partial charge in [-0.15, -0.1) is 51.9 Å². The number of amides is 4. The molecule has 22 nitrogen and oxygen atoms in total. The van der Waals surface area contributed by atoms with Gasteiger partial charge >= 0.3 is 36.7 Å². The summed E-state index contributed by atoms with van der Waals surface area (Å²) in [4.78, 5) is 66.6. The highest BCUT2D eigenvalue weighted by atomic mass is 35.5. The van der Waals surface area contributed by atoms with E-state index in [1.807, 2.05) is 41.8 Å². The Morgan fingerprint density at radius 3 is 1.43 bits per heavy atom. The molecule has 4 amide bonds. The van der Waals surface area contributed by atoms with Crippen LogP contribution < -0.4 is 32.4 Å². The maximum Gasteiger partial charge on any atom is 0.522 e. The van der Waals surface area contributed by atoms with Crippen molar-refractivity contribution in [3.05, 3.63) is 106 Å². The average molecular weight is 1150 g/mol. The molecule has 3 aromatic carbocycles. The van der Waals surface area contributed by atoms with E-state index >= 15 is 0 Å². The number of benzene rings is 3. The van der Waals surface area contributed by atoms with E-state index in [1.54, 1.807) is 24.3 Å². The fourth-order valence-electron chi connectivity index (χ4n) is 5.51. The van der Waals surface area contributed by atoms with Crippen LogP contribution in [0, 0.1) is 10.1 Å². The average Bonchev–Trinajstić information content (AvgIpc) is 3.91. The van der Waals surface area contributed by atoms with Gasteiger partial charge in [-0.2, -0.15) is 0 Å². The molecule has 4 aliphatic rings. The number of carbonyl (C=O) groups excluding carboxylic acids is 5. The smallest absolute Gasteiger partial charge is 0.445 e. The second-order valence-corrected chi connectivity index (χ2v) is 15.4. The number of alkyl halides is 9. The third-order valence-electron chi connectivity index (χ3n) is 9.22. The number of carbonyl (C=O) groups is 5. The molecule has 7 N–H and O–H groups in total. The van der Waals surface area contributed by atoms with Crippen molar-refractivity contribution in [1.29, 1.82) is 0 Å². The van der Waals surface area contributed by atoms with E-state index in [-0.39, 0.29) is 82.2 Å². The normalized spacial score (nSPS) is 14.9. The number of hydrazine groups is 1. The summed E-state index contributed by atoms with van der Waals surface area (Å²) in [5.41, 5.74) is 7.55. The summed E-state index contributed by atoms with van der Waals surface area (Å²) in [7, 11) is 0. The molecule has 0 saturated carbocycles. The van der Waals surface area contributed by atoms with Crippen molar-refractivity contribution < 1.29 is 102 Å². The third kappa shape index (κ3) is 32.2. The number of ether oxygens (including phenoxy) is 7. The number of nitro groups is 1. The highest BCUT2D eigenvalue weighted by Crippen LogP contribution is 2.25. The van der Waals surface area contributed by atoms with Gasteiger partial charge in [0.15, 0.2) is 0 Å². The minimum absolute atomic E-state index is 0. The van der Waals surface area contributed by atoms with Gasteiger partial charge in [0, 0.05) is 76.2 Å². The lowest BCUT2D eigenvalue weighted by atomic mass is 10.1. The predicted molar refractivity (Wildman–Crippen MR) is 249 cm³/mol. The van der Waals surface area contributed by atoms with Gasteiger partial charge in [0.05, 0.1) is 17.6 Å². The second-order valence-electron chi connectivity index (χ2n) is 15.0. The Morgan fingerprint density at radius 2 is 1.11 bits per heavy atom. The van der Waals surface area contributed by atoms with Gasteiger partial charge in [0.2, 0.25) is 11.8 Å². The molecule has 4 fully saturated rings. The van der Waals surface area contributed by atoms with Gasteiger partial charge in [-0.05, 0) is 36.1 Å². The molecule has 7 rings (SSSR count). The highest BCUT2D eigenvalue weighted by Gasteiger charge is 2.42. The lowest BCUT2D eigenvalue weighted by Gasteiger charge is -2.38. The van der Waals surface area contributed by atoms with E-state index in [4.69, 9.17) is 37.4 Å². The highest BCUT2D eigenvalue weighted by molar-refractivity contribution is 6.61. The molecule has 33 heteroatoms. The molecule has 4 heterocycles. The zero-order chi connectivity index (χ0) is 56.0. The van der Waals surface area contributed by atoms with Crippen molar-refractivity contribution in [2.24, 2.45) is 11.6 Å². The van der Waals surface area contributed by atoms with Gasteiger partial charge in [-0.25, -0.2) is 20.2 Å². The number of hydrogen-bond donors (Lipinski definition) is 5. The number of nitrogens with two attached hydrogens (primary N) is 2. The molecule has 0 bridgehead atoms. The first-order valence-corrected chi connectivity index (χ1v) is 22.1. The van der Waals surface area contributed by atoms with Crippen LogP contribution in [-0.2, 0) is 51.2 Å². The Kier molecular flexibility index (Phi) is 31.3. The van der Waals surface area contributed by atoms with E-state index in [9.17, 15) is 73.6 Å². The van der Waals surface area contributed by atoms with Crippen LogP contribution >= 0.6 is 24.0 Å². The topological polar surface area (TPSA) is 288 Å². The summed E-state index contributed by atoms with van der Waals surface area (Å²) in [6.45, 7) is 2.02. The number of non-ortho nitro benzene ring substituents is 1. The van der Waals surface area contributed by atoms with Crippen molar-refractivity contribution in [1.82, 2.24) is 25.9 Å². The molecule has 0 unspecified atom stereocenters. The number of hydrogen-bond acceptors (Lipinski definition) is 17. The summed E-state index contributed by atoms with van der Waals surface area (Å²) in [5, 5.41) is 15.1. The Bertz CT molecular complexity index is 2170. The minimum Gasteiger partial charge on any atom is -0.445 e. The number of alkyl carbamates (subject to hydrolysis) is 1. The van der Waals surface area contributed by atoms with E-state index < -0.39 is 65.8 Å². The van der Waals surface area contributed by atoms with Crippen LogP contribution in [0.2, 0.25) is 0 Å². The minimum atomic E-state index is -4.71. The summed E-state index contributed by atoms with van der Waals surface area (Å²) < 4.78 is 134. The first-order valence-electron chi connectivity index (χ1n) is 21.8. The van der Waals surface area contributed by atoms with Crippen molar-refractivity contribution in [3.63, 3.8) is 0 Å². The van der Waals surface area contributed by atoms with E-state index in [1.165, 1.54) is 42.0 Å². The molecule has 426 valence electrons. The molecule has 0 aromatic heterocycles. The molecule has 0 spiro atoms. The monoisotopic (exact) mass is 1150 g/mol. The summed E-state index contributed by atoms with van der Waals surface area (Å²) >= 11 is 4.92. The third-order valence-corrected chi connectivity index (χ3v) is 9.30. The molecular weight excluding hydrogens is 1090 g/mol. The number of nitro benzene ring substituents is 1. The van der Waals surface area contributed by atoms with E-state index in [0.29, 0.717) is 13.1 Å². The van der Waals surface area contributed by atoms with Gasteiger partial charge in [0.25, 0.3) is 5.69 Å². The van der Waals surface area contributed by atoms with Crippen LogP contribution in [0.4, 0.5) is 59.6 Å². The molecular formula is C43H53Cl2F9N8O14. The first-order chi connectivity index (χ1) is 35.2. The molecule has 4 aliphatic heterocycles. The summed E-state index contributed by atoms with van der Waals surface area (Å²) in [6.07, 6.45) is -15.3. The van der Waals surface area contributed by atoms with E-state index in [0.717, 1.165) is 29.2 Å². The fraction of sp³-hybridized carbons (Fsp3) is 0.465.